The zero-order valence-electron chi connectivity index (χ0n) is 9.55. The highest BCUT2D eigenvalue weighted by molar-refractivity contribution is 5.82. The molecule has 4 heteroatoms. The van der Waals surface area contributed by atoms with E-state index in [9.17, 15) is 4.79 Å². The third-order valence-corrected chi connectivity index (χ3v) is 2.96. The van der Waals surface area contributed by atoms with E-state index in [2.05, 4.69) is 0 Å². The zero-order chi connectivity index (χ0) is 11.7. The number of amides is 1. The average Bonchev–Trinajstić information content (AvgIpc) is 2.54. The van der Waals surface area contributed by atoms with Crippen LogP contribution in [-0.2, 0) is 11.4 Å². The van der Waals surface area contributed by atoms with E-state index in [1.54, 1.807) is 12.1 Å². The van der Waals surface area contributed by atoms with Gasteiger partial charge in [0.25, 0.3) is 0 Å². The first-order chi connectivity index (χ1) is 7.63. The number of nitrogens with zero attached hydrogens (tertiary/aromatic N) is 2. The maximum atomic E-state index is 11.5. The highest BCUT2D eigenvalue weighted by Gasteiger charge is 2.32. The molecule has 1 aromatic rings. The standard InChI is InChI=1S/C12H16N2O2/c1-9-7-12(16)13(2)14(9)11-5-3-10(8-15)4-6-11/h3-6,9,15H,7-8H2,1-2H3. The number of aliphatic hydroxyl groups excluding tert-OH is 1. The molecule has 1 aliphatic rings. The van der Waals surface area contributed by atoms with Crippen molar-refractivity contribution in [3.63, 3.8) is 0 Å². The fraction of sp³-hybridized carbons (Fsp3) is 0.417. The SMILES string of the molecule is CC1CC(=O)N(C)N1c1ccc(CO)cc1. The highest BCUT2D eigenvalue weighted by Crippen LogP contribution is 2.26. The molecule has 1 saturated heterocycles. The van der Waals surface area contributed by atoms with E-state index >= 15 is 0 Å². The van der Waals surface area contributed by atoms with Crippen molar-refractivity contribution < 1.29 is 9.90 Å². The van der Waals surface area contributed by atoms with Crippen LogP contribution in [0.15, 0.2) is 24.3 Å². The van der Waals surface area contributed by atoms with E-state index in [0.29, 0.717) is 6.42 Å². The lowest BCUT2D eigenvalue weighted by Crippen LogP contribution is -2.38. The number of rotatable bonds is 2. The minimum absolute atomic E-state index is 0.0462. The number of hydrazine groups is 1. The molecule has 1 aromatic carbocycles. The van der Waals surface area contributed by atoms with Gasteiger partial charge in [0.05, 0.1) is 24.8 Å². The molecule has 0 radical (unpaired) electrons. The fourth-order valence-corrected chi connectivity index (χ4v) is 2.07. The topological polar surface area (TPSA) is 43.8 Å². The molecule has 0 spiro atoms. The fourth-order valence-electron chi connectivity index (χ4n) is 2.07. The summed E-state index contributed by atoms with van der Waals surface area (Å²) in [5, 5.41) is 12.6. The summed E-state index contributed by atoms with van der Waals surface area (Å²) in [5.74, 6) is 0.138. The number of hydrogen-bond donors (Lipinski definition) is 1. The van der Waals surface area contributed by atoms with E-state index in [1.807, 2.05) is 36.2 Å². The van der Waals surface area contributed by atoms with Crippen LogP contribution in [0.4, 0.5) is 5.69 Å². The van der Waals surface area contributed by atoms with E-state index in [-0.39, 0.29) is 18.6 Å². The van der Waals surface area contributed by atoms with Gasteiger partial charge in [-0.15, -0.1) is 0 Å². The molecule has 1 unspecified atom stereocenters. The second-order valence-corrected chi connectivity index (χ2v) is 4.14. The first kappa shape index (κ1) is 11.0. The van der Waals surface area contributed by atoms with Crippen LogP contribution in [0.5, 0.6) is 0 Å². The van der Waals surface area contributed by atoms with Crippen molar-refractivity contribution in [1.82, 2.24) is 5.01 Å². The molecule has 1 atom stereocenters. The summed E-state index contributed by atoms with van der Waals surface area (Å²) in [6.07, 6.45) is 0.554. The summed E-state index contributed by atoms with van der Waals surface area (Å²) in [4.78, 5) is 11.5. The van der Waals surface area contributed by atoms with Crippen molar-refractivity contribution in [2.45, 2.75) is 26.0 Å². The van der Waals surface area contributed by atoms with Crippen molar-refractivity contribution in [3.8, 4) is 0 Å². The minimum atomic E-state index is 0.0462. The maximum Gasteiger partial charge on any atom is 0.242 e. The molecule has 2 rings (SSSR count). The summed E-state index contributed by atoms with van der Waals surface area (Å²) >= 11 is 0. The number of hydrogen-bond acceptors (Lipinski definition) is 3. The molecular formula is C12H16N2O2. The summed E-state index contributed by atoms with van der Waals surface area (Å²) in [6.45, 7) is 2.08. The Morgan fingerprint density at radius 2 is 2.00 bits per heavy atom. The van der Waals surface area contributed by atoms with Crippen LogP contribution < -0.4 is 5.01 Å². The van der Waals surface area contributed by atoms with Gasteiger partial charge in [-0.25, -0.2) is 0 Å². The van der Waals surface area contributed by atoms with Crippen LogP contribution in [0, 0.1) is 0 Å². The lowest BCUT2D eigenvalue weighted by Gasteiger charge is -2.29. The first-order valence-corrected chi connectivity index (χ1v) is 5.39. The number of carbonyl (C=O) groups excluding carboxylic acids is 1. The molecule has 86 valence electrons. The lowest BCUT2D eigenvalue weighted by atomic mass is 10.2. The Kier molecular flexibility index (Phi) is 2.83. The summed E-state index contributed by atoms with van der Waals surface area (Å²) < 4.78 is 0. The van der Waals surface area contributed by atoms with E-state index < -0.39 is 0 Å². The minimum Gasteiger partial charge on any atom is -0.392 e. The van der Waals surface area contributed by atoms with Crippen LogP contribution >= 0.6 is 0 Å². The molecule has 1 N–H and O–H groups in total. The third-order valence-electron chi connectivity index (χ3n) is 2.96. The van der Waals surface area contributed by atoms with Gasteiger partial charge in [0.15, 0.2) is 0 Å². The predicted octanol–water partition coefficient (Wildman–Crippen LogP) is 1.15. The number of carbonyl (C=O) groups is 1. The van der Waals surface area contributed by atoms with E-state index in [0.717, 1.165) is 11.3 Å². The Balaban J connectivity index is 2.26. The molecule has 0 aliphatic carbocycles. The van der Waals surface area contributed by atoms with E-state index in [1.165, 1.54) is 0 Å². The molecule has 0 aromatic heterocycles. The molecule has 1 fully saturated rings. The van der Waals surface area contributed by atoms with Crippen molar-refractivity contribution in [3.05, 3.63) is 29.8 Å². The second-order valence-electron chi connectivity index (χ2n) is 4.14. The van der Waals surface area contributed by atoms with Crippen molar-refractivity contribution in [1.29, 1.82) is 0 Å². The molecule has 0 saturated carbocycles. The van der Waals surface area contributed by atoms with Gasteiger partial charge in [-0.3, -0.25) is 14.8 Å². The zero-order valence-corrected chi connectivity index (χ0v) is 9.55. The van der Waals surface area contributed by atoms with Gasteiger partial charge in [0.1, 0.15) is 0 Å². The summed E-state index contributed by atoms with van der Waals surface area (Å²) in [7, 11) is 1.78. The highest BCUT2D eigenvalue weighted by atomic mass is 16.3. The average molecular weight is 220 g/mol. The summed E-state index contributed by atoms with van der Waals surface area (Å²) in [5.41, 5.74) is 1.86. The molecule has 0 bridgehead atoms. The van der Waals surface area contributed by atoms with Gasteiger partial charge >= 0.3 is 0 Å². The predicted molar refractivity (Wildman–Crippen MR) is 61.7 cm³/mol. The Morgan fingerprint density at radius 1 is 1.38 bits per heavy atom. The molecular weight excluding hydrogens is 204 g/mol. The van der Waals surface area contributed by atoms with Gasteiger partial charge in [0, 0.05) is 7.05 Å². The van der Waals surface area contributed by atoms with Gasteiger partial charge in [-0.05, 0) is 24.6 Å². The molecule has 16 heavy (non-hydrogen) atoms. The molecule has 4 nitrogen and oxygen atoms in total. The quantitative estimate of drug-likeness (QED) is 0.813. The molecule has 1 amide bonds. The Morgan fingerprint density at radius 3 is 2.44 bits per heavy atom. The second kappa shape index (κ2) is 4.14. The van der Waals surface area contributed by atoms with Crippen LogP contribution in [0.25, 0.3) is 0 Å². The summed E-state index contributed by atoms with van der Waals surface area (Å²) in [6, 6.07) is 7.79. The van der Waals surface area contributed by atoms with Gasteiger partial charge in [-0.1, -0.05) is 12.1 Å². The van der Waals surface area contributed by atoms with Crippen molar-refractivity contribution in [2.75, 3.05) is 12.1 Å². The Hall–Kier alpha value is -1.55. The van der Waals surface area contributed by atoms with Crippen LogP contribution in [0.1, 0.15) is 18.9 Å². The van der Waals surface area contributed by atoms with Crippen LogP contribution in [-0.4, -0.2) is 29.1 Å². The van der Waals surface area contributed by atoms with Gasteiger partial charge in [-0.2, -0.15) is 0 Å². The maximum absolute atomic E-state index is 11.5. The van der Waals surface area contributed by atoms with Gasteiger partial charge < -0.3 is 5.11 Å². The molecule has 1 heterocycles. The van der Waals surface area contributed by atoms with E-state index in [4.69, 9.17) is 5.11 Å². The van der Waals surface area contributed by atoms with Gasteiger partial charge in [0.2, 0.25) is 5.91 Å². The normalized spacial score (nSPS) is 20.7. The van der Waals surface area contributed by atoms with Crippen LogP contribution in [0.3, 0.4) is 0 Å². The monoisotopic (exact) mass is 220 g/mol. The number of aliphatic hydroxyl groups is 1. The first-order valence-electron chi connectivity index (χ1n) is 5.39. The number of anilines is 1. The smallest absolute Gasteiger partial charge is 0.242 e. The van der Waals surface area contributed by atoms with Crippen molar-refractivity contribution >= 4 is 11.6 Å². The number of benzene rings is 1. The van der Waals surface area contributed by atoms with Crippen molar-refractivity contribution in [2.24, 2.45) is 0 Å². The Labute approximate surface area is 95.1 Å². The molecule has 1 aliphatic heterocycles. The Bertz CT molecular complexity index is 389. The third kappa shape index (κ3) is 1.76. The largest absolute Gasteiger partial charge is 0.392 e. The van der Waals surface area contributed by atoms with Crippen LogP contribution in [0.2, 0.25) is 0 Å². The lowest BCUT2D eigenvalue weighted by molar-refractivity contribution is -0.126.